The van der Waals surface area contributed by atoms with Gasteiger partial charge in [-0.25, -0.2) is 0 Å². The molecule has 0 radical (unpaired) electrons. The van der Waals surface area contributed by atoms with Crippen LogP contribution in [0.25, 0.3) is 11.4 Å². The minimum Gasteiger partial charge on any atom is -0.389 e. The first-order chi connectivity index (χ1) is 9.66. The molecule has 0 saturated heterocycles. The molecule has 1 fully saturated rings. The molecule has 2 aromatic rings. The molecule has 5 heteroatoms. The standard InChI is InChI=1S/C15H17ClN2O2/c16-12-7-3-2-6-11(12)14-17-13(20-18-14)10-15(19)8-4-1-5-9-15/h2-3,6-7,19H,1,4-5,8-10H2. The van der Waals surface area contributed by atoms with Crippen LogP contribution in [0.2, 0.25) is 5.02 Å². The normalized spacial score (nSPS) is 18.1. The molecule has 0 bridgehead atoms. The highest BCUT2D eigenvalue weighted by Crippen LogP contribution is 2.31. The molecule has 0 unspecified atom stereocenters. The maximum Gasteiger partial charge on any atom is 0.229 e. The predicted molar refractivity (Wildman–Crippen MR) is 76.5 cm³/mol. The van der Waals surface area contributed by atoms with E-state index in [0.717, 1.165) is 31.2 Å². The number of aromatic nitrogens is 2. The number of hydrogen-bond donors (Lipinski definition) is 1. The van der Waals surface area contributed by atoms with Gasteiger partial charge in [-0.2, -0.15) is 4.98 Å². The van der Waals surface area contributed by atoms with Crippen LogP contribution in [0.15, 0.2) is 28.8 Å². The largest absolute Gasteiger partial charge is 0.389 e. The van der Waals surface area contributed by atoms with E-state index in [1.54, 1.807) is 6.07 Å². The monoisotopic (exact) mass is 292 g/mol. The fraction of sp³-hybridized carbons (Fsp3) is 0.467. The van der Waals surface area contributed by atoms with Crippen molar-refractivity contribution in [2.75, 3.05) is 0 Å². The summed E-state index contributed by atoms with van der Waals surface area (Å²) in [6.45, 7) is 0. The van der Waals surface area contributed by atoms with Gasteiger partial charge >= 0.3 is 0 Å². The first-order valence-corrected chi connectivity index (χ1v) is 7.34. The lowest BCUT2D eigenvalue weighted by Gasteiger charge is -2.30. The number of rotatable bonds is 3. The van der Waals surface area contributed by atoms with Gasteiger partial charge in [-0.05, 0) is 25.0 Å². The van der Waals surface area contributed by atoms with Crippen LogP contribution in [-0.4, -0.2) is 20.8 Å². The van der Waals surface area contributed by atoms with E-state index in [-0.39, 0.29) is 0 Å². The van der Waals surface area contributed by atoms with Crippen molar-refractivity contribution in [2.24, 2.45) is 0 Å². The zero-order valence-corrected chi connectivity index (χ0v) is 11.9. The van der Waals surface area contributed by atoms with Crippen LogP contribution >= 0.6 is 11.6 Å². The molecule has 106 valence electrons. The van der Waals surface area contributed by atoms with Crippen molar-refractivity contribution in [3.8, 4) is 11.4 Å². The number of benzene rings is 1. The van der Waals surface area contributed by atoms with E-state index in [9.17, 15) is 5.11 Å². The van der Waals surface area contributed by atoms with Gasteiger partial charge in [-0.15, -0.1) is 0 Å². The van der Waals surface area contributed by atoms with Crippen LogP contribution in [0.3, 0.4) is 0 Å². The number of aliphatic hydroxyl groups is 1. The van der Waals surface area contributed by atoms with Crippen LogP contribution in [0.5, 0.6) is 0 Å². The third-order valence-electron chi connectivity index (χ3n) is 3.85. The van der Waals surface area contributed by atoms with E-state index < -0.39 is 5.60 Å². The van der Waals surface area contributed by atoms with E-state index in [0.29, 0.717) is 23.2 Å². The molecule has 3 rings (SSSR count). The molecular weight excluding hydrogens is 276 g/mol. The first-order valence-electron chi connectivity index (χ1n) is 6.96. The van der Waals surface area contributed by atoms with Crippen molar-refractivity contribution in [3.63, 3.8) is 0 Å². The van der Waals surface area contributed by atoms with Gasteiger partial charge < -0.3 is 9.63 Å². The molecule has 1 heterocycles. The zero-order chi connectivity index (χ0) is 14.0. The van der Waals surface area contributed by atoms with Gasteiger partial charge in [0.25, 0.3) is 0 Å². The summed E-state index contributed by atoms with van der Waals surface area (Å²) >= 11 is 6.12. The van der Waals surface area contributed by atoms with Crippen LogP contribution < -0.4 is 0 Å². The number of nitrogens with zero attached hydrogens (tertiary/aromatic N) is 2. The Morgan fingerprint density at radius 3 is 2.70 bits per heavy atom. The lowest BCUT2D eigenvalue weighted by atomic mass is 9.82. The molecule has 1 aromatic carbocycles. The lowest BCUT2D eigenvalue weighted by Crippen LogP contribution is -2.33. The van der Waals surface area contributed by atoms with Crippen molar-refractivity contribution in [1.29, 1.82) is 0 Å². The van der Waals surface area contributed by atoms with Crippen molar-refractivity contribution in [2.45, 2.75) is 44.1 Å². The quantitative estimate of drug-likeness (QED) is 0.938. The van der Waals surface area contributed by atoms with Gasteiger partial charge in [0.2, 0.25) is 11.7 Å². The third-order valence-corrected chi connectivity index (χ3v) is 4.18. The van der Waals surface area contributed by atoms with Crippen molar-refractivity contribution in [1.82, 2.24) is 10.1 Å². The van der Waals surface area contributed by atoms with Gasteiger partial charge in [0.1, 0.15) is 0 Å². The Balaban J connectivity index is 1.79. The smallest absolute Gasteiger partial charge is 0.229 e. The summed E-state index contributed by atoms with van der Waals surface area (Å²) in [5, 5.41) is 15.1. The van der Waals surface area contributed by atoms with E-state index in [1.807, 2.05) is 18.2 Å². The fourth-order valence-electron chi connectivity index (χ4n) is 2.75. The number of halogens is 1. The minimum absolute atomic E-state index is 0.421. The summed E-state index contributed by atoms with van der Waals surface area (Å²) in [6.07, 6.45) is 5.33. The molecule has 1 aliphatic rings. The molecule has 20 heavy (non-hydrogen) atoms. The van der Waals surface area contributed by atoms with Crippen molar-refractivity contribution in [3.05, 3.63) is 35.2 Å². The topological polar surface area (TPSA) is 59.2 Å². The maximum absolute atomic E-state index is 10.5. The highest BCUT2D eigenvalue weighted by Gasteiger charge is 2.31. The van der Waals surface area contributed by atoms with Gasteiger partial charge in [-0.1, -0.05) is 48.2 Å². The van der Waals surface area contributed by atoms with Gasteiger partial charge in [0.15, 0.2) is 0 Å². The Labute approximate surface area is 122 Å². The molecule has 0 amide bonds. The van der Waals surface area contributed by atoms with Crippen LogP contribution in [0.1, 0.15) is 38.0 Å². The van der Waals surface area contributed by atoms with Gasteiger partial charge in [0, 0.05) is 5.56 Å². The Bertz CT molecular complexity index is 591. The highest BCUT2D eigenvalue weighted by atomic mass is 35.5. The molecular formula is C15H17ClN2O2. The predicted octanol–water partition coefficient (Wildman–Crippen LogP) is 3.63. The highest BCUT2D eigenvalue weighted by molar-refractivity contribution is 6.33. The van der Waals surface area contributed by atoms with E-state index in [1.165, 1.54) is 6.42 Å². The summed E-state index contributed by atoms with van der Waals surface area (Å²) in [4.78, 5) is 4.36. The fourth-order valence-corrected chi connectivity index (χ4v) is 2.97. The van der Waals surface area contributed by atoms with Crippen LogP contribution in [0.4, 0.5) is 0 Å². The number of hydrogen-bond acceptors (Lipinski definition) is 4. The van der Waals surface area contributed by atoms with Crippen LogP contribution in [-0.2, 0) is 6.42 Å². The van der Waals surface area contributed by atoms with Crippen molar-refractivity contribution >= 4 is 11.6 Å². The second-order valence-electron chi connectivity index (χ2n) is 5.45. The molecule has 1 saturated carbocycles. The van der Waals surface area contributed by atoms with Gasteiger partial charge in [-0.3, -0.25) is 0 Å². The summed E-state index contributed by atoms with van der Waals surface area (Å²) in [5.74, 6) is 0.953. The Morgan fingerprint density at radius 2 is 1.95 bits per heavy atom. The third kappa shape index (κ3) is 2.86. The lowest BCUT2D eigenvalue weighted by molar-refractivity contribution is -0.00181. The summed E-state index contributed by atoms with van der Waals surface area (Å²) in [7, 11) is 0. The second-order valence-corrected chi connectivity index (χ2v) is 5.86. The average Bonchev–Trinajstić information content (AvgIpc) is 2.87. The summed E-state index contributed by atoms with van der Waals surface area (Å²) < 4.78 is 5.26. The van der Waals surface area contributed by atoms with Crippen LogP contribution in [0, 0.1) is 0 Å². The SMILES string of the molecule is OC1(Cc2nc(-c3ccccc3Cl)no2)CCCCC1. The zero-order valence-electron chi connectivity index (χ0n) is 11.2. The first kappa shape index (κ1) is 13.6. The van der Waals surface area contributed by atoms with Gasteiger partial charge in [0.05, 0.1) is 17.0 Å². The van der Waals surface area contributed by atoms with E-state index >= 15 is 0 Å². The van der Waals surface area contributed by atoms with Crippen molar-refractivity contribution < 1.29 is 9.63 Å². The molecule has 0 spiro atoms. The second kappa shape index (κ2) is 5.54. The minimum atomic E-state index is -0.692. The summed E-state index contributed by atoms with van der Waals surface area (Å²) in [5.41, 5.74) is 0.0579. The average molecular weight is 293 g/mol. The summed E-state index contributed by atoms with van der Waals surface area (Å²) in [6, 6.07) is 7.39. The molecule has 0 atom stereocenters. The molecule has 4 nitrogen and oxygen atoms in total. The Hall–Kier alpha value is -1.39. The Kier molecular flexibility index (Phi) is 3.76. The molecule has 1 aromatic heterocycles. The molecule has 1 N–H and O–H groups in total. The van der Waals surface area contributed by atoms with E-state index in [4.69, 9.17) is 16.1 Å². The Morgan fingerprint density at radius 1 is 1.20 bits per heavy atom. The maximum atomic E-state index is 10.5. The van der Waals surface area contributed by atoms with E-state index in [2.05, 4.69) is 10.1 Å². The molecule has 1 aliphatic carbocycles. The molecule has 0 aliphatic heterocycles.